The number of halogens is 2. The Labute approximate surface area is 87.9 Å². The van der Waals surface area contributed by atoms with Gasteiger partial charge < -0.3 is 5.11 Å². The van der Waals surface area contributed by atoms with Crippen molar-refractivity contribution in [1.29, 1.82) is 5.26 Å². The normalized spacial score (nSPS) is 10.2. The number of nitro groups is 1. The summed E-state index contributed by atoms with van der Waals surface area (Å²) in [4.78, 5) is 12.8. The van der Waals surface area contributed by atoms with E-state index in [1.54, 1.807) is 0 Å². The lowest BCUT2D eigenvalue weighted by Gasteiger charge is -2.07. The lowest BCUT2D eigenvalue weighted by molar-refractivity contribution is -0.386. The molecule has 0 fully saturated rings. The molecule has 84 valence electrons. The third-order valence-corrected chi connectivity index (χ3v) is 1.88. The summed E-state index contributed by atoms with van der Waals surface area (Å²) in [6.45, 7) is -0.906. The molecule has 1 aromatic heterocycles. The Morgan fingerprint density at radius 2 is 2.31 bits per heavy atom. The number of aromatic nitrogens is 1. The van der Waals surface area contributed by atoms with Gasteiger partial charge in [0.2, 0.25) is 0 Å². The molecule has 0 aliphatic carbocycles. The van der Waals surface area contributed by atoms with Crippen LogP contribution in [-0.4, -0.2) is 15.0 Å². The standard InChI is InChI=1S/C8H5F2N3O3/c9-8(10)7-4(3-14)5(1-11)12-2-6(7)13(15)16/h2,8,14H,3H2. The first-order valence-electron chi connectivity index (χ1n) is 3.98. The number of hydrogen-bond donors (Lipinski definition) is 1. The van der Waals surface area contributed by atoms with Crippen molar-refractivity contribution in [1.82, 2.24) is 4.98 Å². The van der Waals surface area contributed by atoms with Crippen molar-refractivity contribution in [2.45, 2.75) is 13.0 Å². The van der Waals surface area contributed by atoms with Crippen LogP contribution in [0.1, 0.15) is 23.2 Å². The molecular weight excluding hydrogens is 224 g/mol. The van der Waals surface area contributed by atoms with Crippen LogP contribution in [0.25, 0.3) is 0 Å². The van der Waals surface area contributed by atoms with E-state index >= 15 is 0 Å². The number of aliphatic hydroxyl groups excluding tert-OH is 1. The first-order valence-corrected chi connectivity index (χ1v) is 3.98. The SMILES string of the molecule is N#Cc1ncc([N+](=O)[O-])c(C(F)F)c1CO. The van der Waals surface area contributed by atoms with Crippen LogP contribution in [-0.2, 0) is 6.61 Å². The second kappa shape index (κ2) is 4.59. The molecule has 1 aromatic rings. The Bertz CT molecular complexity index is 470. The first kappa shape index (κ1) is 11.9. The lowest BCUT2D eigenvalue weighted by Crippen LogP contribution is -2.06. The van der Waals surface area contributed by atoms with E-state index in [2.05, 4.69) is 4.98 Å². The minimum absolute atomic E-state index is 0.441. The van der Waals surface area contributed by atoms with Crippen LogP contribution in [0.5, 0.6) is 0 Å². The van der Waals surface area contributed by atoms with Crippen LogP contribution in [0.15, 0.2) is 6.20 Å². The monoisotopic (exact) mass is 229 g/mol. The van der Waals surface area contributed by atoms with Crippen LogP contribution in [0.3, 0.4) is 0 Å². The summed E-state index contributed by atoms with van der Waals surface area (Å²) in [5.41, 5.74) is -2.81. The molecule has 0 amide bonds. The summed E-state index contributed by atoms with van der Waals surface area (Å²) in [6, 6.07) is 1.48. The predicted octanol–water partition coefficient (Wildman–Crippen LogP) is 1.29. The molecule has 0 bridgehead atoms. The topological polar surface area (TPSA) is 100 Å². The molecule has 1 heterocycles. The van der Waals surface area contributed by atoms with Crippen molar-refractivity contribution in [3.63, 3.8) is 0 Å². The summed E-state index contributed by atoms with van der Waals surface area (Å²) in [6.07, 6.45) is -2.57. The molecule has 0 saturated heterocycles. The minimum atomic E-state index is -3.15. The molecule has 0 aliphatic heterocycles. The Morgan fingerprint density at radius 1 is 1.69 bits per heavy atom. The summed E-state index contributed by atoms with van der Waals surface area (Å²) in [5.74, 6) is 0. The van der Waals surface area contributed by atoms with E-state index < -0.39 is 40.5 Å². The predicted molar refractivity (Wildman–Crippen MR) is 46.5 cm³/mol. The molecule has 0 saturated carbocycles. The van der Waals surface area contributed by atoms with Gasteiger partial charge in [-0.2, -0.15) is 5.26 Å². The van der Waals surface area contributed by atoms with Crippen molar-refractivity contribution in [3.05, 3.63) is 33.1 Å². The lowest BCUT2D eigenvalue weighted by atomic mass is 10.1. The number of nitrogens with zero attached hydrogens (tertiary/aromatic N) is 3. The van der Waals surface area contributed by atoms with E-state index in [1.165, 1.54) is 6.07 Å². The Morgan fingerprint density at radius 3 is 2.69 bits per heavy atom. The summed E-state index contributed by atoms with van der Waals surface area (Å²) >= 11 is 0. The van der Waals surface area contributed by atoms with E-state index in [9.17, 15) is 18.9 Å². The van der Waals surface area contributed by atoms with Crippen LogP contribution >= 0.6 is 0 Å². The molecule has 0 radical (unpaired) electrons. The van der Waals surface area contributed by atoms with Gasteiger partial charge in [0.05, 0.1) is 11.5 Å². The molecule has 16 heavy (non-hydrogen) atoms. The Hall–Kier alpha value is -2.14. The van der Waals surface area contributed by atoms with Crippen molar-refractivity contribution in [2.24, 2.45) is 0 Å². The van der Waals surface area contributed by atoms with Crippen molar-refractivity contribution < 1.29 is 18.8 Å². The van der Waals surface area contributed by atoms with E-state index in [0.717, 1.165) is 0 Å². The number of rotatable bonds is 3. The van der Waals surface area contributed by atoms with Gasteiger partial charge in [-0.15, -0.1) is 0 Å². The summed E-state index contributed by atoms with van der Waals surface area (Å²) in [7, 11) is 0. The van der Waals surface area contributed by atoms with Crippen molar-refractivity contribution in [2.75, 3.05) is 0 Å². The van der Waals surface area contributed by atoms with Crippen LogP contribution in [0.4, 0.5) is 14.5 Å². The van der Waals surface area contributed by atoms with Gasteiger partial charge in [-0.05, 0) is 0 Å². The van der Waals surface area contributed by atoms with Gasteiger partial charge >= 0.3 is 0 Å². The van der Waals surface area contributed by atoms with Gasteiger partial charge in [0, 0.05) is 5.56 Å². The highest BCUT2D eigenvalue weighted by Crippen LogP contribution is 2.32. The molecule has 1 N–H and O–H groups in total. The number of pyridine rings is 1. The second-order valence-corrected chi connectivity index (χ2v) is 2.71. The molecule has 1 rings (SSSR count). The number of aliphatic hydroxyl groups is 1. The maximum Gasteiger partial charge on any atom is 0.296 e. The van der Waals surface area contributed by atoms with E-state index in [4.69, 9.17) is 10.4 Å². The van der Waals surface area contributed by atoms with Gasteiger partial charge in [-0.25, -0.2) is 13.8 Å². The number of nitriles is 1. The second-order valence-electron chi connectivity index (χ2n) is 2.71. The van der Waals surface area contributed by atoms with Gasteiger partial charge in [-0.1, -0.05) is 0 Å². The van der Waals surface area contributed by atoms with Crippen LogP contribution in [0.2, 0.25) is 0 Å². The molecule has 8 heteroatoms. The fraction of sp³-hybridized carbons (Fsp3) is 0.250. The van der Waals surface area contributed by atoms with Crippen molar-refractivity contribution >= 4 is 5.69 Å². The molecule has 0 aliphatic rings. The van der Waals surface area contributed by atoms with E-state index in [0.29, 0.717) is 6.20 Å². The summed E-state index contributed by atoms with van der Waals surface area (Å²) < 4.78 is 25.2. The van der Waals surface area contributed by atoms with Gasteiger partial charge in [0.25, 0.3) is 12.1 Å². The van der Waals surface area contributed by atoms with Crippen LogP contribution in [0, 0.1) is 21.4 Å². The van der Waals surface area contributed by atoms with E-state index in [-0.39, 0.29) is 0 Å². The fourth-order valence-corrected chi connectivity index (χ4v) is 1.20. The van der Waals surface area contributed by atoms with Gasteiger partial charge in [-0.3, -0.25) is 10.1 Å². The highest BCUT2D eigenvalue weighted by molar-refractivity contribution is 5.49. The zero-order chi connectivity index (χ0) is 12.3. The highest BCUT2D eigenvalue weighted by atomic mass is 19.3. The summed E-state index contributed by atoms with van der Waals surface area (Å²) in [5, 5.41) is 27.8. The molecule has 6 nitrogen and oxygen atoms in total. The highest BCUT2D eigenvalue weighted by Gasteiger charge is 2.28. The zero-order valence-electron chi connectivity index (χ0n) is 7.72. The maximum absolute atomic E-state index is 12.6. The van der Waals surface area contributed by atoms with Gasteiger partial charge in [0.15, 0.2) is 0 Å². The number of hydrogen-bond acceptors (Lipinski definition) is 5. The minimum Gasteiger partial charge on any atom is -0.392 e. The molecule has 0 aromatic carbocycles. The third kappa shape index (κ3) is 1.94. The van der Waals surface area contributed by atoms with Crippen molar-refractivity contribution in [3.8, 4) is 6.07 Å². The molecule has 0 spiro atoms. The Balaban J connectivity index is 3.58. The average Bonchev–Trinajstić information content (AvgIpc) is 2.26. The Kier molecular flexibility index (Phi) is 3.42. The molecule has 0 atom stereocenters. The van der Waals surface area contributed by atoms with Crippen LogP contribution < -0.4 is 0 Å². The molecule has 0 unspecified atom stereocenters. The zero-order valence-corrected chi connectivity index (χ0v) is 7.72. The average molecular weight is 229 g/mol. The van der Waals surface area contributed by atoms with E-state index in [1.807, 2.05) is 0 Å². The number of alkyl halides is 2. The maximum atomic E-state index is 12.6. The third-order valence-electron chi connectivity index (χ3n) is 1.88. The largest absolute Gasteiger partial charge is 0.392 e. The van der Waals surface area contributed by atoms with Gasteiger partial charge in [0.1, 0.15) is 23.5 Å². The smallest absolute Gasteiger partial charge is 0.296 e. The first-order chi connectivity index (χ1) is 7.52. The quantitative estimate of drug-likeness (QED) is 0.621. The molecular formula is C8H5F2N3O3. The fourth-order valence-electron chi connectivity index (χ4n) is 1.20.